The standard InChI is InChI=1S/C13H18O.2C2H6/c1-4-12(5-2)10-14-13-8-6-7-11(3)9-13;2*1-2/h4,6-9H,5,10H2,1-3H3;2*1-2H3/b12-4+;;. The molecule has 18 heavy (non-hydrogen) atoms. The normalized spacial score (nSPS) is 9.61. The fourth-order valence-corrected chi connectivity index (χ4v) is 1.27. The average molecular weight is 250 g/mol. The maximum absolute atomic E-state index is 5.66. The molecule has 0 saturated heterocycles. The zero-order valence-corrected chi connectivity index (χ0v) is 13.2. The van der Waals surface area contributed by atoms with Gasteiger partial charge in [0.2, 0.25) is 0 Å². The molecule has 0 atom stereocenters. The van der Waals surface area contributed by atoms with Crippen LogP contribution in [-0.2, 0) is 0 Å². The molecular formula is C17H30O. The Morgan fingerprint density at radius 2 is 1.78 bits per heavy atom. The summed E-state index contributed by atoms with van der Waals surface area (Å²) in [6.07, 6.45) is 3.18. The number of rotatable bonds is 4. The summed E-state index contributed by atoms with van der Waals surface area (Å²) in [5.41, 5.74) is 2.58. The Morgan fingerprint density at radius 1 is 1.17 bits per heavy atom. The van der Waals surface area contributed by atoms with Gasteiger partial charge in [0.15, 0.2) is 0 Å². The van der Waals surface area contributed by atoms with Crippen LogP contribution in [0, 0.1) is 6.92 Å². The Balaban J connectivity index is 0. The highest BCUT2D eigenvalue weighted by molar-refractivity contribution is 5.27. The van der Waals surface area contributed by atoms with Crippen molar-refractivity contribution >= 4 is 0 Å². The van der Waals surface area contributed by atoms with Crippen LogP contribution in [-0.4, -0.2) is 6.61 Å². The zero-order chi connectivity index (χ0) is 14.4. The smallest absolute Gasteiger partial charge is 0.120 e. The third kappa shape index (κ3) is 8.86. The number of aryl methyl sites for hydroxylation is 1. The highest BCUT2D eigenvalue weighted by Crippen LogP contribution is 2.13. The van der Waals surface area contributed by atoms with Gasteiger partial charge in [-0.25, -0.2) is 0 Å². The van der Waals surface area contributed by atoms with E-state index in [0.29, 0.717) is 6.61 Å². The van der Waals surface area contributed by atoms with E-state index in [1.165, 1.54) is 11.1 Å². The second-order valence-corrected chi connectivity index (χ2v) is 3.41. The molecule has 0 unspecified atom stereocenters. The van der Waals surface area contributed by atoms with Crippen molar-refractivity contribution in [3.8, 4) is 5.75 Å². The predicted octanol–water partition coefficient (Wildman–Crippen LogP) is 5.78. The molecule has 0 spiro atoms. The van der Waals surface area contributed by atoms with Crippen molar-refractivity contribution in [2.24, 2.45) is 0 Å². The summed E-state index contributed by atoms with van der Waals surface area (Å²) in [5, 5.41) is 0. The third-order valence-electron chi connectivity index (χ3n) is 2.28. The molecule has 1 rings (SSSR count). The van der Waals surface area contributed by atoms with E-state index >= 15 is 0 Å². The van der Waals surface area contributed by atoms with Crippen LogP contribution in [0.4, 0.5) is 0 Å². The lowest BCUT2D eigenvalue weighted by Gasteiger charge is -2.08. The second-order valence-electron chi connectivity index (χ2n) is 3.41. The summed E-state index contributed by atoms with van der Waals surface area (Å²) in [6.45, 7) is 15.0. The first-order chi connectivity index (χ1) is 8.76. The van der Waals surface area contributed by atoms with Gasteiger partial charge in [-0.1, -0.05) is 52.8 Å². The van der Waals surface area contributed by atoms with Crippen molar-refractivity contribution in [2.75, 3.05) is 6.61 Å². The van der Waals surface area contributed by atoms with Crippen LogP contribution in [0.15, 0.2) is 35.9 Å². The first kappa shape index (κ1) is 19.1. The topological polar surface area (TPSA) is 9.23 Å². The molecule has 0 fully saturated rings. The lowest BCUT2D eigenvalue weighted by Crippen LogP contribution is -2.00. The molecule has 0 amide bonds. The van der Waals surface area contributed by atoms with E-state index in [-0.39, 0.29) is 0 Å². The first-order valence-corrected chi connectivity index (χ1v) is 7.09. The van der Waals surface area contributed by atoms with Crippen LogP contribution >= 0.6 is 0 Å². The molecule has 1 nitrogen and oxygen atoms in total. The third-order valence-corrected chi connectivity index (χ3v) is 2.28. The fraction of sp³-hybridized carbons (Fsp3) is 0.529. The highest BCUT2D eigenvalue weighted by atomic mass is 16.5. The van der Waals surface area contributed by atoms with Crippen molar-refractivity contribution in [2.45, 2.75) is 54.9 Å². The molecule has 0 radical (unpaired) electrons. The summed E-state index contributed by atoms with van der Waals surface area (Å²) in [6, 6.07) is 8.15. The number of benzene rings is 1. The van der Waals surface area contributed by atoms with Gasteiger partial charge in [-0.05, 0) is 43.5 Å². The monoisotopic (exact) mass is 250 g/mol. The Bertz CT molecular complexity index is 313. The quantitative estimate of drug-likeness (QED) is 0.615. The van der Waals surface area contributed by atoms with Gasteiger partial charge in [0.25, 0.3) is 0 Å². The van der Waals surface area contributed by atoms with E-state index in [1.54, 1.807) is 0 Å². The van der Waals surface area contributed by atoms with Gasteiger partial charge in [0.05, 0.1) is 0 Å². The first-order valence-electron chi connectivity index (χ1n) is 7.09. The van der Waals surface area contributed by atoms with E-state index in [9.17, 15) is 0 Å². The Kier molecular flexibility index (Phi) is 14.7. The molecule has 0 aliphatic heterocycles. The molecule has 0 saturated carbocycles. The molecule has 0 aliphatic carbocycles. The fourth-order valence-electron chi connectivity index (χ4n) is 1.27. The van der Waals surface area contributed by atoms with Gasteiger partial charge in [0.1, 0.15) is 12.4 Å². The van der Waals surface area contributed by atoms with Gasteiger partial charge in [-0.15, -0.1) is 0 Å². The largest absolute Gasteiger partial charge is 0.489 e. The minimum absolute atomic E-state index is 0.705. The summed E-state index contributed by atoms with van der Waals surface area (Å²) < 4.78 is 5.66. The lowest BCUT2D eigenvalue weighted by atomic mass is 10.2. The molecule has 0 N–H and O–H groups in total. The van der Waals surface area contributed by atoms with Crippen molar-refractivity contribution in [3.63, 3.8) is 0 Å². The maximum Gasteiger partial charge on any atom is 0.120 e. The molecule has 0 aliphatic rings. The molecule has 0 heterocycles. The van der Waals surface area contributed by atoms with Gasteiger partial charge < -0.3 is 4.74 Å². The summed E-state index contributed by atoms with van der Waals surface area (Å²) in [4.78, 5) is 0. The van der Waals surface area contributed by atoms with Crippen LogP contribution in [0.1, 0.15) is 53.5 Å². The molecule has 0 aromatic heterocycles. The van der Waals surface area contributed by atoms with E-state index in [1.807, 2.05) is 39.8 Å². The Morgan fingerprint density at radius 3 is 2.22 bits per heavy atom. The summed E-state index contributed by atoms with van der Waals surface area (Å²) in [5.74, 6) is 0.956. The van der Waals surface area contributed by atoms with Crippen LogP contribution in [0.25, 0.3) is 0 Å². The van der Waals surface area contributed by atoms with Crippen LogP contribution in [0.3, 0.4) is 0 Å². The van der Waals surface area contributed by atoms with Crippen LogP contribution in [0.2, 0.25) is 0 Å². The molecule has 1 heteroatoms. The molecular weight excluding hydrogens is 220 g/mol. The molecule has 1 aromatic carbocycles. The number of hydrogen-bond acceptors (Lipinski definition) is 1. The Hall–Kier alpha value is -1.24. The van der Waals surface area contributed by atoms with E-state index in [0.717, 1.165) is 12.2 Å². The number of hydrogen-bond donors (Lipinski definition) is 0. The number of ether oxygens (including phenoxy) is 1. The van der Waals surface area contributed by atoms with Gasteiger partial charge in [-0.3, -0.25) is 0 Å². The minimum atomic E-state index is 0.705. The SMILES string of the molecule is C/C=C(\CC)COc1cccc(C)c1.CC.CC. The average Bonchev–Trinajstić information content (AvgIpc) is 2.44. The van der Waals surface area contributed by atoms with E-state index in [4.69, 9.17) is 4.74 Å². The van der Waals surface area contributed by atoms with Crippen molar-refractivity contribution in [1.82, 2.24) is 0 Å². The Labute approximate surface area is 114 Å². The van der Waals surface area contributed by atoms with Gasteiger partial charge in [-0.2, -0.15) is 0 Å². The van der Waals surface area contributed by atoms with Crippen molar-refractivity contribution < 1.29 is 4.74 Å². The number of allylic oxidation sites excluding steroid dienone is 1. The van der Waals surface area contributed by atoms with Gasteiger partial charge in [0, 0.05) is 0 Å². The van der Waals surface area contributed by atoms with Crippen LogP contribution in [0.5, 0.6) is 5.75 Å². The van der Waals surface area contributed by atoms with E-state index < -0.39 is 0 Å². The van der Waals surface area contributed by atoms with Crippen LogP contribution < -0.4 is 4.74 Å². The zero-order valence-electron chi connectivity index (χ0n) is 13.2. The van der Waals surface area contributed by atoms with Crippen molar-refractivity contribution in [3.05, 3.63) is 41.5 Å². The lowest BCUT2D eigenvalue weighted by molar-refractivity contribution is 0.348. The van der Waals surface area contributed by atoms with Crippen molar-refractivity contribution in [1.29, 1.82) is 0 Å². The molecule has 0 bridgehead atoms. The minimum Gasteiger partial charge on any atom is -0.489 e. The highest BCUT2D eigenvalue weighted by Gasteiger charge is 1.96. The van der Waals surface area contributed by atoms with Gasteiger partial charge >= 0.3 is 0 Å². The molecule has 1 aromatic rings. The summed E-state index contributed by atoms with van der Waals surface area (Å²) in [7, 11) is 0. The molecule has 104 valence electrons. The van der Waals surface area contributed by atoms with E-state index in [2.05, 4.69) is 39.0 Å². The second kappa shape index (κ2) is 13.8. The maximum atomic E-state index is 5.66. The predicted molar refractivity (Wildman–Crippen MR) is 83.4 cm³/mol. The summed E-state index contributed by atoms with van der Waals surface area (Å²) >= 11 is 0.